The molecule has 0 aliphatic carbocycles. The zero-order chi connectivity index (χ0) is 14.7. The number of nitrogens with one attached hydrogen (secondary N) is 1. The fourth-order valence-electron chi connectivity index (χ4n) is 1.51. The van der Waals surface area contributed by atoms with Crippen molar-refractivity contribution in [2.45, 2.75) is 46.0 Å². The summed E-state index contributed by atoms with van der Waals surface area (Å²) >= 11 is 0. The Hall–Kier alpha value is -1.59. The van der Waals surface area contributed by atoms with E-state index in [-0.39, 0.29) is 37.1 Å². The van der Waals surface area contributed by atoms with Gasteiger partial charge in [0.15, 0.2) is 0 Å². The molecule has 110 valence electrons. The van der Waals surface area contributed by atoms with Crippen LogP contribution in [0.1, 0.15) is 46.0 Å². The lowest BCUT2D eigenvalue weighted by Gasteiger charge is -2.10. The van der Waals surface area contributed by atoms with E-state index in [4.69, 9.17) is 9.84 Å². The SMILES string of the molecule is CCOC(=O)CCC(=O)NCCC(C)CCC(=O)O. The first-order valence-corrected chi connectivity index (χ1v) is 6.59. The van der Waals surface area contributed by atoms with Crippen LogP contribution in [0, 0.1) is 5.92 Å². The third-order valence-corrected chi connectivity index (χ3v) is 2.67. The molecule has 1 unspecified atom stereocenters. The number of carbonyl (C=O) groups is 3. The Morgan fingerprint density at radius 1 is 1.16 bits per heavy atom. The molecule has 0 rings (SSSR count). The van der Waals surface area contributed by atoms with Crippen molar-refractivity contribution in [2.75, 3.05) is 13.2 Å². The largest absolute Gasteiger partial charge is 0.481 e. The van der Waals surface area contributed by atoms with Crippen LogP contribution in [0.25, 0.3) is 0 Å². The maximum atomic E-state index is 11.4. The lowest BCUT2D eigenvalue weighted by atomic mass is 10.0. The maximum absolute atomic E-state index is 11.4. The molecule has 0 aromatic carbocycles. The Kier molecular flexibility index (Phi) is 9.48. The molecule has 6 nitrogen and oxygen atoms in total. The minimum atomic E-state index is -0.801. The molecule has 1 amide bonds. The van der Waals surface area contributed by atoms with E-state index in [1.807, 2.05) is 6.92 Å². The van der Waals surface area contributed by atoms with Gasteiger partial charge in [0.05, 0.1) is 13.0 Å². The smallest absolute Gasteiger partial charge is 0.306 e. The average molecular weight is 273 g/mol. The van der Waals surface area contributed by atoms with Gasteiger partial charge in [0.1, 0.15) is 0 Å². The summed E-state index contributed by atoms with van der Waals surface area (Å²) in [7, 11) is 0. The molecule has 2 N–H and O–H groups in total. The third-order valence-electron chi connectivity index (χ3n) is 2.67. The van der Waals surface area contributed by atoms with E-state index in [0.29, 0.717) is 19.6 Å². The summed E-state index contributed by atoms with van der Waals surface area (Å²) in [6, 6.07) is 0. The van der Waals surface area contributed by atoms with Crippen LogP contribution in [0.5, 0.6) is 0 Å². The maximum Gasteiger partial charge on any atom is 0.306 e. The van der Waals surface area contributed by atoms with Gasteiger partial charge in [-0.3, -0.25) is 14.4 Å². The number of aliphatic carboxylic acids is 1. The van der Waals surface area contributed by atoms with Gasteiger partial charge in [-0.15, -0.1) is 0 Å². The van der Waals surface area contributed by atoms with Crippen LogP contribution >= 0.6 is 0 Å². The van der Waals surface area contributed by atoms with E-state index in [0.717, 1.165) is 6.42 Å². The number of esters is 1. The average Bonchev–Trinajstić information content (AvgIpc) is 2.34. The van der Waals surface area contributed by atoms with Gasteiger partial charge >= 0.3 is 11.9 Å². The molecular weight excluding hydrogens is 250 g/mol. The van der Waals surface area contributed by atoms with E-state index < -0.39 is 5.97 Å². The molecule has 0 radical (unpaired) electrons. The molecule has 0 saturated heterocycles. The van der Waals surface area contributed by atoms with Gasteiger partial charge in [0, 0.05) is 19.4 Å². The number of carboxylic acids is 1. The summed E-state index contributed by atoms with van der Waals surface area (Å²) in [4.78, 5) is 32.8. The number of hydrogen-bond donors (Lipinski definition) is 2. The summed E-state index contributed by atoms with van der Waals surface area (Å²) in [5.74, 6) is -1.10. The van der Waals surface area contributed by atoms with E-state index >= 15 is 0 Å². The molecule has 0 aliphatic heterocycles. The van der Waals surface area contributed by atoms with Crippen molar-refractivity contribution in [3.63, 3.8) is 0 Å². The molecule has 0 aromatic heterocycles. The first-order chi connectivity index (χ1) is 8.95. The molecule has 19 heavy (non-hydrogen) atoms. The van der Waals surface area contributed by atoms with Crippen molar-refractivity contribution in [1.82, 2.24) is 5.32 Å². The summed E-state index contributed by atoms with van der Waals surface area (Å²) in [6.07, 6.45) is 1.71. The molecule has 0 saturated carbocycles. The molecule has 1 atom stereocenters. The Balaban J connectivity index is 3.57. The van der Waals surface area contributed by atoms with Gasteiger partial charge in [0.25, 0.3) is 0 Å². The minimum Gasteiger partial charge on any atom is -0.481 e. The molecule has 0 heterocycles. The topological polar surface area (TPSA) is 92.7 Å². The Morgan fingerprint density at radius 3 is 2.42 bits per heavy atom. The molecule has 0 spiro atoms. The van der Waals surface area contributed by atoms with E-state index in [2.05, 4.69) is 5.32 Å². The number of hydrogen-bond acceptors (Lipinski definition) is 4. The Morgan fingerprint density at radius 2 is 1.84 bits per heavy atom. The van der Waals surface area contributed by atoms with E-state index in [1.54, 1.807) is 6.92 Å². The molecule has 0 fully saturated rings. The van der Waals surface area contributed by atoms with Crippen LogP contribution in [-0.2, 0) is 19.1 Å². The Bertz CT molecular complexity index is 303. The highest BCUT2D eigenvalue weighted by Gasteiger charge is 2.09. The first kappa shape index (κ1) is 17.4. The second-order valence-corrected chi connectivity index (χ2v) is 4.48. The van der Waals surface area contributed by atoms with Crippen LogP contribution < -0.4 is 5.32 Å². The van der Waals surface area contributed by atoms with Crippen molar-refractivity contribution in [3.05, 3.63) is 0 Å². The van der Waals surface area contributed by atoms with Crippen LogP contribution in [0.15, 0.2) is 0 Å². The zero-order valence-corrected chi connectivity index (χ0v) is 11.6. The van der Waals surface area contributed by atoms with Gasteiger partial charge < -0.3 is 15.2 Å². The summed E-state index contributed by atoms with van der Waals surface area (Å²) in [6.45, 7) is 4.49. The fraction of sp³-hybridized carbons (Fsp3) is 0.769. The third kappa shape index (κ3) is 11.2. The first-order valence-electron chi connectivity index (χ1n) is 6.59. The highest BCUT2D eigenvalue weighted by Crippen LogP contribution is 2.09. The van der Waals surface area contributed by atoms with Crippen LogP contribution in [0.2, 0.25) is 0 Å². The van der Waals surface area contributed by atoms with Gasteiger partial charge in [-0.05, 0) is 25.7 Å². The predicted molar refractivity (Wildman–Crippen MR) is 69.5 cm³/mol. The number of rotatable bonds is 10. The molecule has 0 bridgehead atoms. The highest BCUT2D eigenvalue weighted by atomic mass is 16.5. The summed E-state index contributed by atoms with van der Waals surface area (Å²) < 4.78 is 4.71. The van der Waals surface area contributed by atoms with Crippen molar-refractivity contribution in [1.29, 1.82) is 0 Å². The van der Waals surface area contributed by atoms with E-state index in [1.165, 1.54) is 0 Å². The van der Waals surface area contributed by atoms with Gasteiger partial charge in [-0.25, -0.2) is 0 Å². The number of amides is 1. The monoisotopic (exact) mass is 273 g/mol. The van der Waals surface area contributed by atoms with Crippen molar-refractivity contribution in [3.8, 4) is 0 Å². The number of carbonyl (C=O) groups excluding carboxylic acids is 2. The number of ether oxygens (including phenoxy) is 1. The summed E-state index contributed by atoms with van der Waals surface area (Å²) in [5.41, 5.74) is 0. The lowest BCUT2D eigenvalue weighted by Crippen LogP contribution is -2.26. The quantitative estimate of drug-likeness (QED) is 0.586. The van der Waals surface area contributed by atoms with Gasteiger partial charge in [-0.2, -0.15) is 0 Å². The van der Waals surface area contributed by atoms with Crippen LogP contribution in [0.3, 0.4) is 0 Å². The van der Waals surface area contributed by atoms with E-state index in [9.17, 15) is 14.4 Å². The summed E-state index contributed by atoms with van der Waals surface area (Å²) in [5, 5.41) is 11.2. The van der Waals surface area contributed by atoms with Crippen LogP contribution in [0.4, 0.5) is 0 Å². The second-order valence-electron chi connectivity index (χ2n) is 4.48. The van der Waals surface area contributed by atoms with Gasteiger partial charge in [-0.1, -0.05) is 6.92 Å². The van der Waals surface area contributed by atoms with Crippen LogP contribution in [-0.4, -0.2) is 36.1 Å². The lowest BCUT2D eigenvalue weighted by molar-refractivity contribution is -0.144. The number of carboxylic acid groups (broad SMARTS) is 1. The fourth-order valence-corrected chi connectivity index (χ4v) is 1.51. The molecular formula is C13H23NO5. The molecule has 0 aromatic rings. The van der Waals surface area contributed by atoms with Crippen molar-refractivity contribution in [2.24, 2.45) is 5.92 Å². The van der Waals surface area contributed by atoms with Gasteiger partial charge in [0.2, 0.25) is 5.91 Å². The highest BCUT2D eigenvalue weighted by molar-refractivity contribution is 5.81. The van der Waals surface area contributed by atoms with Crippen molar-refractivity contribution < 1.29 is 24.2 Å². The molecule has 0 aliphatic rings. The normalized spacial score (nSPS) is 11.7. The predicted octanol–water partition coefficient (Wildman–Crippen LogP) is 1.34. The molecule has 6 heteroatoms. The second kappa shape index (κ2) is 10.3. The Labute approximate surface area is 113 Å². The standard InChI is InChI=1S/C13H23NO5/c1-3-19-13(18)7-5-11(15)14-9-8-10(2)4-6-12(16)17/h10H,3-9H2,1-2H3,(H,14,15)(H,16,17). The zero-order valence-electron chi connectivity index (χ0n) is 11.6. The minimum absolute atomic E-state index is 0.0915. The van der Waals surface area contributed by atoms with Crippen molar-refractivity contribution >= 4 is 17.8 Å².